The number of rotatable bonds is 6. The molecule has 1 aromatic carbocycles. The lowest BCUT2D eigenvalue weighted by Gasteiger charge is -2.08. The summed E-state index contributed by atoms with van der Waals surface area (Å²) in [5, 5.41) is 0. The number of nitrogens with one attached hydrogen (secondary N) is 1. The SMILES string of the molecule is CN1C(=O)c2ccc(NS(=O)(=O)CCCCN)cc2C1=O. The predicted molar refractivity (Wildman–Crippen MR) is 78.6 cm³/mol. The van der Waals surface area contributed by atoms with E-state index in [0.717, 1.165) is 4.90 Å². The van der Waals surface area contributed by atoms with Crippen molar-refractivity contribution in [3.63, 3.8) is 0 Å². The van der Waals surface area contributed by atoms with Gasteiger partial charge in [0.05, 0.1) is 16.9 Å². The highest BCUT2D eigenvalue weighted by molar-refractivity contribution is 7.92. The summed E-state index contributed by atoms with van der Waals surface area (Å²) in [7, 11) is -2.09. The van der Waals surface area contributed by atoms with Crippen molar-refractivity contribution < 1.29 is 18.0 Å². The van der Waals surface area contributed by atoms with Gasteiger partial charge in [-0.05, 0) is 37.6 Å². The van der Waals surface area contributed by atoms with Gasteiger partial charge in [0.2, 0.25) is 10.0 Å². The van der Waals surface area contributed by atoms with E-state index in [1.54, 1.807) is 0 Å². The normalized spacial score (nSPS) is 14.5. The van der Waals surface area contributed by atoms with Crippen LogP contribution in [0.15, 0.2) is 18.2 Å². The lowest BCUT2D eigenvalue weighted by Crippen LogP contribution is -2.24. The Balaban J connectivity index is 2.17. The van der Waals surface area contributed by atoms with Crippen LogP contribution in [0.3, 0.4) is 0 Å². The fraction of sp³-hybridized carbons (Fsp3) is 0.385. The first-order chi connectivity index (χ1) is 9.85. The molecule has 0 unspecified atom stereocenters. The molecule has 0 aromatic heterocycles. The number of amides is 2. The second-order valence-corrected chi connectivity index (χ2v) is 6.69. The van der Waals surface area contributed by atoms with Crippen molar-refractivity contribution in [2.24, 2.45) is 5.73 Å². The molecule has 0 saturated carbocycles. The third-order valence-electron chi connectivity index (χ3n) is 3.23. The maximum Gasteiger partial charge on any atom is 0.261 e. The Labute approximate surface area is 123 Å². The summed E-state index contributed by atoms with van der Waals surface area (Å²) >= 11 is 0. The van der Waals surface area contributed by atoms with Gasteiger partial charge in [-0.2, -0.15) is 0 Å². The minimum Gasteiger partial charge on any atom is -0.330 e. The van der Waals surface area contributed by atoms with Crippen LogP contribution in [0, 0.1) is 0 Å². The van der Waals surface area contributed by atoms with E-state index in [1.165, 1.54) is 25.2 Å². The zero-order valence-corrected chi connectivity index (χ0v) is 12.4. The fourth-order valence-corrected chi connectivity index (χ4v) is 3.26. The van der Waals surface area contributed by atoms with Crippen LogP contribution in [0.4, 0.5) is 5.69 Å². The van der Waals surface area contributed by atoms with E-state index in [2.05, 4.69) is 4.72 Å². The number of unbranched alkanes of at least 4 members (excludes halogenated alkanes) is 1. The molecule has 1 aromatic rings. The number of carbonyl (C=O) groups is 2. The number of imide groups is 1. The topological polar surface area (TPSA) is 110 Å². The van der Waals surface area contributed by atoms with Gasteiger partial charge in [0.1, 0.15) is 0 Å². The Kier molecular flexibility index (Phi) is 4.29. The van der Waals surface area contributed by atoms with Crippen molar-refractivity contribution in [1.29, 1.82) is 0 Å². The maximum atomic E-state index is 11.9. The Morgan fingerprint density at radius 3 is 2.48 bits per heavy atom. The number of fused-ring (bicyclic) bond motifs is 1. The number of benzene rings is 1. The minimum atomic E-state index is -3.48. The van der Waals surface area contributed by atoms with Gasteiger partial charge in [-0.15, -0.1) is 0 Å². The quantitative estimate of drug-likeness (QED) is 0.583. The lowest BCUT2D eigenvalue weighted by molar-refractivity contribution is 0.0693. The van der Waals surface area contributed by atoms with E-state index in [-0.39, 0.29) is 28.5 Å². The predicted octanol–water partition coefficient (Wildman–Crippen LogP) is 0.393. The van der Waals surface area contributed by atoms with Crippen molar-refractivity contribution in [2.75, 3.05) is 24.1 Å². The molecule has 2 rings (SSSR count). The summed E-state index contributed by atoms with van der Waals surface area (Å²) < 4.78 is 26.1. The van der Waals surface area contributed by atoms with E-state index in [4.69, 9.17) is 5.73 Å². The molecule has 1 aliphatic heterocycles. The van der Waals surface area contributed by atoms with Crippen LogP contribution in [-0.2, 0) is 10.0 Å². The third-order valence-corrected chi connectivity index (χ3v) is 4.60. The molecule has 0 fully saturated rings. The zero-order valence-electron chi connectivity index (χ0n) is 11.6. The molecule has 0 bridgehead atoms. The second kappa shape index (κ2) is 5.82. The molecular formula is C13H17N3O4S. The third kappa shape index (κ3) is 3.22. The van der Waals surface area contributed by atoms with Gasteiger partial charge in [-0.1, -0.05) is 0 Å². The largest absolute Gasteiger partial charge is 0.330 e. The number of nitrogens with two attached hydrogens (primary N) is 1. The maximum absolute atomic E-state index is 11.9. The summed E-state index contributed by atoms with van der Waals surface area (Å²) in [6.45, 7) is 0.442. The van der Waals surface area contributed by atoms with Gasteiger partial charge >= 0.3 is 0 Å². The molecule has 2 amide bonds. The number of hydrogen-bond donors (Lipinski definition) is 2. The standard InChI is InChI=1S/C13H17N3O4S/c1-16-12(17)10-5-4-9(8-11(10)13(16)18)15-21(19,20)7-3-2-6-14/h4-5,8,15H,2-3,6-7,14H2,1H3. The van der Waals surface area contributed by atoms with E-state index in [0.29, 0.717) is 19.4 Å². The number of nitrogens with zero attached hydrogens (tertiary/aromatic N) is 1. The molecular weight excluding hydrogens is 294 g/mol. The Hall–Kier alpha value is -1.93. The van der Waals surface area contributed by atoms with Crippen LogP contribution in [-0.4, -0.2) is 44.5 Å². The van der Waals surface area contributed by atoms with Crippen molar-refractivity contribution in [3.8, 4) is 0 Å². The van der Waals surface area contributed by atoms with E-state index in [1.807, 2.05) is 0 Å². The summed E-state index contributed by atoms with van der Waals surface area (Å²) in [5.74, 6) is -0.847. The van der Waals surface area contributed by atoms with Crippen molar-refractivity contribution in [1.82, 2.24) is 4.90 Å². The Morgan fingerprint density at radius 1 is 1.14 bits per heavy atom. The number of sulfonamides is 1. The van der Waals surface area contributed by atoms with Gasteiger partial charge in [-0.25, -0.2) is 8.42 Å². The summed E-state index contributed by atoms with van der Waals surface area (Å²) in [4.78, 5) is 24.6. The van der Waals surface area contributed by atoms with Crippen LogP contribution in [0.2, 0.25) is 0 Å². The number of carbonyl (C=O) groups excluding carboxylic acids is 2. The average Bonchev–Trinajstić information content (AvgIpc) is 2.63. The number of hydrogen-bond acceptors (Lipinski definition) is 5. The minimum absolute atomic E-state index is 0.0337. The van der Waals surface area contributed by atoms with Crippen LogP contribution in [0.25, 0.3) is 0 Å². The van der Waals surface area contributed by atoms with Crippen LogP contribution >= 0.6 is 0 Å². The molecule has 3 N–H and O–H groups in total. The van der Waals surface area contributed by atoms with Gasteiger partial charge in [0, 0.05) is 12.7 Å². The van der Waals surface area contributed by atoms with Crippen molar-refractivity contribution in [3.05, 3.63) is 29.3 Å². The van der Waals surface area contributed by atoms with Crippen LogP contribution in [0.1, 0.15) is 33.6 Å². The molecule has 0 saturated heterocycles. The first-order valence-corrected chi connectivity index (χ1v) is 8.18. The first-order valence-electron chi connectivity index (χ1n) is 6.53. The van der Waals surface area contributed by atoms with Crippen molar-refractivity contribution in [2.45, 2.75) is 12.8 Å². The first kappa shape index (κ1) is 15.5. The highest BCUT2D eigenvalue weighted by Crippen LogP contribution is 2.25. The zero-order chi connectivity index (χ0) is 15.6. The van der Waals surface area contributed by atoms with Gasteiger partial charge < -0.3 is 5.73 Å². The fourth-order valence-electron chi connectivity index (χ4n) is 2.09. The monoisotopic (exact) mass is 311 g/mol. The molecule has 21 heavy (non-hydrogen) atoms. The van der Waals surface area contributed by atoms with Crippen LogP contribution in [0.5, 0.6) is 0 Å². The van der Waals surface area contributed by atoms with Gasteiger partial charge in [0.15, 0.2) is 0 Å². The molecule has 1 heterocycles. The Bertz CT molecular complexity index is 685. The van der Waals surface area contributed by atoms with Crippen molar-refractivity contribution >= 4 is 27.5 Å². The van der Waals surface area contributed by atoms with Gasteiger partial charge in [-0.3, -0.25) is 19.2 Å². The molecule has 0 radical (unpaired) electrons. The molecule has 8 heteroatoms. The molecule has 114 valence electrons. The molecule has 0 atom stereocenters. The summed E-state index contributed by atoms with van der Waals surface area (Å²) in [5.41, 5.74) is 6.10. The van der Waals surface area contributed by atoms with E-state index in [9.17, 15) is 18.0 Å². The lowest BCUT2D eigenvalue weighted by atomic mass is 10.1. The Morgan fingerprint density at radius 2 is 1.81 bits per heavy atom. The van der Waals surface area contributed by atoms with Gasteiger partial charge in [0.25, 0.3) is 11.8 Å². The molecule has 0 spiro atoms. The van der Waals surface area contributed by atoms with Crippen LogP contribution < -0.4 is 10.5 Å². The average molecular weight is 311 g/mol. The van der Waals surface area contributed by atoms with E-state index < -0.39 is 15.9 Å². The molecule has 0 aliphatic carbocycles. The second-order valence-electron chi connectivity index (χ2n) is 4.85. The smallest absolute Gasteiger partial charge is 0.261 e. The highest BCUT2D eigenvalue weighted by Gasteiger charge is 2.32. The number of anilines is 1. The highest BCUT2D eigenvalue weighted by atomic mass is 32.2. The molecule has 1 aliphatic rings. The summed E-state index contributed by atoms with van der Waals surface area (Å²) in [6.07, 6.45) is 1.10. The molecule has 7 nitrogen and oxygen atoms in total. The van der Waals surface area contributed by atoms with E-state index >= 15 is 0 Å². The summed E-state index contributed by atoms with van der Waals surface area (Å²) in [6, 6.07) is 4.32.